The lowest BCUT2D eigenvalue weighted by molar-refractivity contribution is 0.351. The Balaban J connectivity index is 2.13. The van der Waals surface area contributed by atoms with Gasteiger partial charge in [0.15, 0.2) is 0 Å². The molecule has 2 unspecified atom stereocenters. The smallest absolute Gasteiger partial charge is 0.00199 e. The molecule has 13 heavy (non-hydrogen) atoms. The zero-order valence-corrected chi connectivity index (χ0v) is 9.31. The lowest BCUT2D eigenvalue weighted by atomic mass is 9.88. The van der Waals surface area contributed by atoms with Crippen LogP contribution < -0.4 is 5.32 Å². The van der Waals surface area contributed by atoms with Crippen LogP contribution in [0.25, 0.3) is 0 Å². The molecule has 1 fully saturated rings. The van der Waals surface area contributed by atoms with Crippen molar-refractivity contribution in [3.05, 3.63) is 0 Å². The van der Waals surface area contributed by atoms with Crippen molar-refractivity contribution >= 4 is 0 Å². The fourth-order valence-electron chi connectivity index (χ4n) is 2.37. The first-order valence-corrected chi connectivity index (χ1v) is 6.07. The van der Waals surface area contributed by atoms with Gasteiger partial charge in [-0.05, 0) is 37.8 Å². The Morgan fingerprint density at radius 1 is 1.38 bits per heavy atom. The molecule has 2 atom stereocenters. The quantitative estimate of drug-likeness (QED) is 0.667. The molecular weight excluding hydrogens is 158 g/mol. The van der Waals surface area contributed by atoms with E-state index in [-0.39, 0.29) is 0 Å². The van der Waals surface area contributed by atoms with Gasteiger partial charge in [0.05, 0.1) is 0 Å². The number of rotatable bonds is 6. The van der Waals surface area contributed by atoms with Crippen LogP contribution in [0.4, 0.5) is 0 Å². The van der Waals surface area contributed by atoms with Gasteiger partial charge in [-0.3, -0.25) is 0 Å². The Morgan fingerprint density at radius 2 is 2.23 bits per heavy atom. The van der Waals surface area contributed by atoms with Crippen molar-refractivity contribution in [3.8, 4) is 0 Å². The first kappa shape index (κ1) is 11.0. The summed E-state index contributed by atoms with van der Waals surface area (Å²) in [6.07, 6.45) is 8.53. The Kier molecular flexibility index (Phi) is 5.45. The van der Waals surface area contributed by atoms with E-state index in [1.54, 1.807) is 0 Å². The molecule has 1 rings (SSSR count). The van der Waals surface area contributed by atoms with E-state index in [0.29, 0.717) is 0 Å². The first-order valence-electron chi connectivity index (χ1n) is 6.07. The number of nitrogens with one attached hydrogen (secondary N) is 1. The van der Waals surface area contributed by atoms with Crippen LogP contribution in [0.3, 0.4) is 0 Å². The second-order valence-electron chi connectivity index (χ2n) is 4.51. The third-order valence-electron chi connectivity index (χ3n) is 3.37. The second kappa shape index (κ2) is 6.42. The van der Waals surface area contributed by atoms with Crippen LogP contribution in [0.2, 0.25) is 0 Å². The normalized spacial score (nSPS) is 24.9. The summed E-state index contributed by atoms with van der Waals surface area (Å²) in [5.74, 6) is 1.99. The summed E-state index contributed by atoms with van der Waals surface area (Å²) in [5, 5.41) is 3.46. The molecule has 1 heterocycles. The van der Waals surface area contributed by atoms with Crippen molar-refractivity contribution in [2.75, 3.05) is 13.1 Å². The maximum Gasteiger partial charge on any atom is -0.00199 e. The molecule has 1 aliphatic heterocycles. The average molecular weight is 183 g/mol. The SMILES string of the molecule is CCCCC(CC)CC1CCNC1. The van der Waals surface area contributed by atoms with E-state index < -0.39 is 0 Å². The van der Waals surface area contributed by atoms with Crippen LogP contribution >= 0.6 is 0 Å². The van der Waals surface area contributed by atoms with E-state index >= 15 is 0 Å². The minimum atomic E-state index is 0.988. The molecule has 78 valence electrons. The molecule has 0 aromatic rings. The van der Waals surface area contributed by atoms with Gasteiger partial charge in [-0.25, -0.2) is 0 Å². The molecule has 0 aromatic carbocycles. The summed E-state index contributed by atoms with van der Waals surface area (Å²) in [6.45, 7) is 7.18. The summed E-state index contributed by atoms with van der Waals surface area (Å²) >= 11 is 0. The van der Waals surface area contributed by atoms with Gasteiger partial charge in [-0.1, -0.05) is 39.5 Å². The van der Waals surface area contributed by atoms with E-state index in [2.05, 4.69) is 19.2 Å². The molecule has 1 N–H and O–H groups in total. The maximum atomic E-state index is 3.46. The van der Waals surface area contributed by atoms with Crippen LogP contribution in [0.15, 0.2) is 0 Å². The zero-order valence-electron chi connectivity index (χ0n) is 9.31. The predicted octanol–water partition coefficient (Wildman–Crippen LogP) is 3.20. The largest absolute Gasteiger partial charge is 0.316 e. The number of hydrogen-bond acceptors (Lipinski definition) is 1. The Hall–Kier alpha value is -0.0400. The van der Waals surface area contributed by atoms with Gasteiger partial charge in [-0.2, -0.15) is 0 Å². The molecule has 1 aliphatic rings. The summed E-state index contributed by atoms with van der Waals surface area (Å²) in [6, 6.07) is 0. The van der Waals surface area contributed by atoms with Gasteiger partial charge in [0.1, 0.15) is 0 Å². The number of unbranched alkanes of at least 4 members (excludes halogenated alkanes) is 1. The van der Waals surface area contributed by atoms with E-state index in [9.17, 15) is 0 Å². The number of hydrogen-bond donors (Lipinski definition) is 1. The van der Waals surface area contributed by atoms with Gasteiger partial charge >= 0.3 is 0 Å². The van der Waals surface area contributed by atoms with Crippen LogP contribution in [-0.2, 0) is 0 Å². The Bertz CT molecular complexity index is 116. The molecule has 1 heteroatoms. The highest BCUT2D eigenvalue weighted by molar-refractivity contribution is 4.74. The van der Waals surface area contributed by atoms with E-state index in [1.165, 1.54) is 51.6 Å². The van der Waals surface area contributed by atoms with E-state index in [1.807, 2.05) is 0 Å². The van der Waals surface area contributed by atoms with Gasteiger partial charge in [0.2, 0.25) is 0 Å². The van der Waals surface area contributed by atoms with Gasteiger partial charge < -0.3 is 5.32 Å². The molecule has 0 bridgehead atoms. The lowest BCUT2D eigenvalue weighted by Gasteiger charge is -2.18. The monoisotopic (exact) mass is 183 g/mol. The van der Waals surface area contributed by atoms with Crippen molar-refractivity contribution in [3.63, 3.8) is 0 Å². The highest BCUT2D eigenvalue weighted by Crippen LogP contribution is 2.24. The molecule has 0 aliphatic carbocycles. The van der Waals surface area contributed by atoms with Gasteiger partial charge in [0.25, 0.3) is 0 Å². The fraction of sp³-hybridized carbons (Fsp3) is 1.00. The highest BCUT2D eigenvalue weighted by Gasteiger charge is 2.18. The van der Waals surface area contributed by atoms with Crippen molar-refractivity contribution in [2.45, 2.75) is 52.4 Å². The summed E-state index contributed by atoms with van der Waals surface area (Å²) < 4.78 is 0. The van der Waals surface area contributed by atoms with Crippen molar-refractivity contribution in [1.82, 2.24) is 5.32 Å². The van der Waals surface area contributed by atoms with E-state index in [0.717, 1.165) is 11.8 Å². The van der Waals surface area contributed by atoms with E-state index in [4.69, 9.17) is 0 Å². The van der Waals surface area contributed by atoms with Crippen molar-refractivity contribution in [2.24, 2.45) is 11.8 Å². The fourth-order valence-corrected chi connectivity index (χ4v) is 2.37. The molecule has 0 radical (unpaired) electrons. The molecule has 0 saturated carbocycles. The van der Waals surface area contributed by atoms with Crippen LogP contribution in [0.5, 0.6) is 0 Å². The minimum absolute atomic E-state index is 0.988. The zero-order chi connectivity index (χ0) is 9.52. The summed E-state index contributed by atoms with van der Waals surface area (Å²) in [4.78, 5) is 0. The summed E-state index contributed by atoms with van der Waals surface area (Å²) in [7, 11) is 0. The molecule has 0 aromatic heterocycles. The highest BCUT2D eigenvalue weighted by atomic mass is 14.9. The Morgan fingerprint density at radius 3 is 2.77 bits per heavy atom. The minimum Gasteiger partial charge on any atom is -0.316 e. The molecule has 0 spiro atoms. The second-order valence-corrected chi connectivity index (χ2v) is 4.51. The molecular formula is C12H25N. The van der Waals surface area contributed by atoms with Gasteiger partial charge in [0, 0.05) is 0 Å². The van der Waals surface area contributed by atoms with Gasteiger partial charge in [-0.15, -0.1) is 0 Å². The molecule has 1 nitrogen and oxygen atoms in total. The molecule has 0 amide bonds. The topological polar surface area (TPSA) is 12.0 Å². The molecule has 1 saturated heterocycles. The third-order valence-corrected chi connectivity index (χ3v) is 3.37. The van der Waals surface area contributed by atoms with Crippen molar-refractivity contribution < 1.29 is 0 Å². The maximum absolute atomic E-state index is 3.46. The first-order chi connectivity index (χ1) is 6.36. The third kappa shape index (κ3) is 4.12. The predicted molar refractivity (Wildman–Crippen MR) is 58.9 cm³/mol. The van der Waals surface area contributed by atoms with Crippen LogP contribution in [-0.4, -0.2) is 13.1 Å². The van der Waals surface area contributed by atoms with Crippen LogP contribution in [0, 0.1) is 11.8 Å². The average Bonchev–Trinajstić information content (AvgIpc) is 2.64. The summed E-state index contributed by atoms with van der Waals surface area (Å²) in [5.41, 5.74) is 0. The van der Waals surface area contributed by atoms with Crippen LogP contribution in [0.1, 0.15) is 52.4 Å². The van der Waals surface area contributed by atoms with Crippen molar-refractivity contribution in [1.29, 1.82) is 0 Å². The Labute approximate surface area is 83.3 Å². The lowest BCUT2D eigenvalue weighted by Crippen LogP contribution is -2.12. The standard InChI is InChI=1S/C12H25N/c1-3-5-6-11(4-2)9-12-7-8-13-10-12/h11-13H,3-10H2,1-2H3.